The zero-order valence-corrected chi connectivity index (χ0v) is 10.6. The molecule has 1 heterocycles. The number of aromatic nitrogens is 1. The maximum absolute atomic E-state index is 12.0. The van der Waals surface area contributed by atoms with E-state index in [9.17, 15) is 14.9 Å². The first-order chi connectivity index (χ1) is 9.47. The zero-order chi connectivity index (χ0) is 14.7. The molecule has 1 aromatic carbocycles. The normalized spacial score (nSPS) is 10.2. The SMILES string of the molecule is Cc1cnc(CNC(=O)c2cc(N)ccc2[N+](=O)[O-])o1. The zero-order valence-electron chi connectivity index (χ0n) is 10.6. The third-order valence-corrected chi connectivity index (χ3v) is 2.53. The number of benzene rings is 1. The molecule has 20 heavy (non-hydrogen) atoms. The summed E-state index contributed by atoms with van der Waals surface area (Å²) < 4.78 is 5.19. The average Bonchev–Trinajstić information content (AvgIpc) is 2.81. The van der Waals surface area contributed by atoms with Crippen molar-refractivity contribution in [3.8, 4) is 0 Å². The summed E-state index contributed by atoms with van der Waals surface area (Å²) in [4.78, 5) is 26.1. The second-order valence-electron chi connectivity index (χ2n) is 4.08. The van der Waals surface area contributed by atoms with E-state index in [0.717, 1.165) is 0 Å². The lowest BCUT2D eigenvalue weighted by atomic mass is 10.1. The second kappa shape index (κ2) is 5.39. The number of nitro groups is 1. The molecule has 0 spiro atoms. The number of amides is 1. The van der Waals surface area contributed by atoms with E-state index in [1.807, 2.05) is 0 Å². The van der Waals surface area contributed by atoms with Gasteiger partial charge in [0.05, 0.1) is 17.7 Å². The second-order valence-corrected chi connectivity index (χ2v) is 4.08. The predicted molar refractivity (Wildman–Crippen MR) is 69.9 cm³/mol. The number of oxazole rings is 1. The van der Waals surface area contributed by atoms with Gasteiger partial charge >= 0.3 is 0 Å². The molecule has 2 rings (SSSR count). The molecule has 8 nitrogen and oxygen atoms in total. The minimum atomic E-state index is -0.635. The first-order valence-electron chi connectivity index (χ1n) is 5.71. The van der Waals surface area contributed by atoms with Crippen LogP contribution < -0.4 is 11.1 Å². The Morgan fingerprint density at radius 1 is 1.55 bits per heavy atom. The molecule has 3 N–H and O–H groups in total. The van der Waals surface area contributed by atoms with Crippen molar-refractivity contribution in [3.63, 3.8) is 0 Å². The summed E-state index contributed by atoms with van der Waals surface area (Å²) in [6.07, 6.45) is 1.52. The summed E-state index contributed by atoms with van der Waals surface area (Å²) in [5.41, 5.74) is 5.41. The van der Waals surface area contributed by atoms with Gasteiger partial charge in [0.15, 0.2) is 0 Å². The van der Waals surface area contributed by atoms with Gasteiger partial charge in [-0.25, -0.2) is 4.98 Å². The molecule has 0 aliphatic carbocycles. The van der Waals surface area contributed by atoms with E-state index in [-0.39, 0.29) is 23.5 Å². The Hall–Kier alpha value is -2.90. The number of anilines is 1. The summed E-state index contributed by atoms with van der Waals surface area (Å²) in [6, 6.07) is 3.82. The maximum Gasteiger partial charge on any atom is 0.282 e. The number of aryl methyl sites for hydroxylation is 1. The highest BCUT2D eigenvalue weighted by Crippen LogP contribution is 2.21. The number of nitrogen functional groups attached to an aromatic ring is 1. The number of rotatable bonds is 4. The number of carbonyl (C=O) groups is 1. The van der Waals surface area contributed by atoms with Crippen LogP contribution in [0.5, 0.6) is 0 Å². The summed E-state index contributed by atoms with van der Waals surface area (Å²) in [7, 11) is 0. The Morgan fingerprint density at radius 2 is 2.30 bits per heavy atom. The van der Waals surface area contributed by atoms with Crippen LogP contribution >= 0.6 is 0 Å². The summed E-state index contributed by atoms with van der Waals surface area (Å²) in [6.45, 7) is 1.76. The molecule has 0 aliphatic rings. The largest absolute Gasteiger partial charge is 0.444 e. The van der Waals surface area contributed by atoms with Crippen molar-refractivity contribution in [1.29, 1.82) is 0 Å². The number of nitrogens with one attached hydrogen (secondary N) is 1. The highest BCUT2D eigenvalue weighted by molar-refractivity contribution is 5.98. The molecule has 104 valence electrons. The Kier molecular flexibility index (Phi) is 3.65. The Balaban J connectivity index is 2.16. The van der Waals surface area contributed by atoms with Crippen LogP contribution in [0.4, 0.5) is 11.4 Å². The Labute approximate surface area is 113 Å². The van der Waals surface area contributed by atoms with Crippen molar-refractivity contribution in [1.82, 2.24) is 10.3 Å². The first kappa shape index (κ1) is 13.5. The van der Waals surface area contributed by atoms with Gasteiger partial charge in [-0.15, -0.1) is 0 Å². The van der Waals surface area contributed by atoms with Crippen LogP contribution in [0, 0.1) is 17.0 Å². The molecule has 0 unspecified atom stereocenters. The minimum absolute atomic E-state index is 0.0403. The van der Waals surface area contributed by atoms with Crippen molar-refractivity contribution in [2.24, 2.45) is 0 Å². The fraction of sp³-hybridized carbons (Fsp3) is 0.167. The fourth-order valence-electron chi connectivity index (χ4n) is 1.63. The summed E-state index contributed by atoms with van der Waals surface area (Å²) in [5, 5.41) is 13.4. The lowest BCUT2D eigenvalue weighted by Crippen LogP contribution is -2.24. The molecular formula is C12H12N4O4. The van der Waals surface area contributed by atoms with E-state index in [0.29, 0.717) is 11.7 Å². The highest BCUT2D eigenvalue weighted by Gasteiger charge is 2.20. The van der Waals surface area contributed by atoms with Gasteiger partial charge in [-0.1, -0.05) is 0 Å². The summed E-state index contributed by atoms with van der Waals surface area (Å²) in [5.74, 6) is 0.325. The predicted octanol–water partition coefficient (Wildman–Crippen LogP) is 1.40. The topological polar surface area (TPSA) is 124 Å². The van der Waals surface area contributed by atoms with Gasteiger partial charge in [0.2, 0.25) is 5.89 Å². The van der Waals surface area contributed by atoms with E-state index >= 15 is 0 Å². The fourth-order valence-corrected chi connectivity index (χ4v) is 1.63. The lowest BCUT2D eigenvalue weighted by molar-refractivity contribution is -0.385. The van der Waals surface area contributed by atoms with E-state index in [1.54, 1.807) is 6.92 Å². The van der Waals surface area contributed by atoms with E-state index in [2.05, 4.69) is 10.3 Å². The summed E-state index contributed by atoms with van der Waals surface area (Å²) >= 11 is 0. The van der Waals surface area contributed by atoms with Gasteiger partial charge in [-0.2, -0.15) is 0 Å². The van der Waals surface area contributed by atoms with Crippen molar-refractivity contribution >= 4 is 17.3 Å². The van der Waals surface area contributed by atoms with Crippen molar-refractivity contribution in [2.45, 2.75) is 13.5 Å². The molecule has 0 fully saturated rings. The van der Waals surface area contributed by atoms with Crippen LogP contribution in [0.1, 0.15) is 22.0 Å². The number of hydrogen-bond acceptors (Lipinski definition) is 6. The van der Waals surface area contributed by atoms with E-state index in [1.165, 1.54) is 24.4 Å². The molecule has 1 aromatic heterocycles. The average molecular weight is 276 g/mol. The smallest absolute Gasteiger partial charge is 0.282 e. The quantitative estimate of drug-likeness (QED) is 0.494. The maximum atomic E-state index is 12.0. The van der Waals surface area contributed by atoms with Gasteiger partial charge < -0.3 is 15.5 Å². The molecule has 0 atom stereocenters. The van der Waals surface area contributed by atoms with Crippen LogP contribution in [0.15, 0.2) is 28.8 Å². The van der Waals surface area contributed by atoms with Crippen LogP contribution in [0.25, 0.3) is 0 Å². The number of carbonyl (C=O) groups excluding carboxylic acids is 1. The molecule has 0 saturated carbocycles. The van der Waals surface area contributed by atoms with Crippen LogP contribution in [-0.2, 0) is 6.54 Å². The van der Waals surface area contributed by atoms with Gasteiger partial charge in [0, 0.05) is 11.8 Å². The van der Waals surface area contributed by atoms with Gasteiger partial charge in [0.1, 0.15) is 11.3 Å². The number of hydrogen-bond donors (Lipinski definition) is 2. The molecule has 8 heteroatoms. The minimum Gasteiger partial charge on any atom is -0.444 e. The Morgan fingerprint density at radius 3 is 2.90 bits per heavy atom. The third-order valence-electron chi connectivity index (χ3n) is 2.53. The van der Waals surface area contributed by atoms with Gasteiger partial charge in [0.25, 0.3) is 11.6 Å². The highest BCUT2D eigenvalue weighted by atomic mass is 16.6. The van der Waals surface area contributed by atoms with Gasteiger partial charge in [-0.3, -0.25) is 14.9 Å². The van der Waals surface area contributed by atoms with Crippen LogP contribution in [0.2, 0.25) is 0 Å². The van der Waals surface area contributed by atoms with Gasteiger partial charge in [-0.05, 0) is 19.1 Å². The molecule has 0 aliphatic heterocycles. The van der Waals surface area contributed by atoms with E-state index in [4.69, 9.17) is 10.2 Å². The van der Waals surface area contributed by atoms with E-state index < -0.39 is 10.8 Å². The standard InChI is InChI=1S/C12H12N4O4/c1-7-5-14-11(20-7)6-15-12(17)9-4-8(13)2-3-10(9)16(18)19/h2-5H,6,13H2,1H3,(H,15,17). The van der Waals surface area contributed by atoms with Crippen LogP contribution in [-0.4, -0.2) is 15.8 Å². The third kappa shape index (κ3) is 2.91. The number of nitro benzene ring substituents is 1. The monoisotopic (exact) mass is 276 g/mol. The molecule has 0 radical (unpaired) electrons. The van der Waals surface area contributed by atoms with Crippen molar-refractivity contribution < 1.29 is 14.1 Å². The first-order valence-corrected chi connectivity index (χ1v) is 5.71. The van der Waals surface area contributed by atoms with Crippen molar-refractivity contribution in [3.05, 3.63) is 51.7 Å². The molecule has 0 saturated heterocycles. The molecule has 2 aromatic rings. The van der Waals surface area contributed by atoms with Crippen LogP contribution in [0.3, 0.4) is 0 Å². The molecular weight excluding hydrogens is 264 g/mol. The van der Waals surface area contributed by atoms with Crippen molar-refractivity contribution in [2.75, 3.05) is 5.73 Å². The molecule has 0 bridgehead atoms. The molecule has 1 amide bonds. The lowest BCUT2D eigenvalue weighted by Gasteiger charge is -2.04. The number of nitrogens with zero attached hydrogens (tertiary/aromatic N) is 2. The Bertz CT molecular complexity index is 665. The number of nitrogens with two attached hydrogens (primary N) is 1.